The molecular weight excluding hydrogens is 770 g/mol. The first-order chi connectivity index (χ1) is 27.6. The predicted molar refractivity (Wildman–Crippen MR) is 221 cm³/mol. The molecule has 4 aromatic rings. The van der Waals surface area contributed by atoms with Gasteiger partial charge in [-0.25, -0.2) is 9.98 Å². The van der Waals surface area contributed by atoms with Crippen LogP contribution in [0, 0.1) is 0 Å². The number of amidine groups is 2. The van der Waals surface area contributed by atoms with Gasteiger partial charge in [0.1, 0.15) is 34.5 Å². The number of nitrogens with zero attached hydrogens (tertiary/aromatic N) is 5. The van der Waals surface area contributed by atoms with Gasteiger partial charge in [-0.3, -0.25) is 9.59 Å². The number of hydrogen-bond donors (Lipinski definition) is 3. The molecular formula is C41H43BCl2N6O7. The van der Waals surface area contributed by atoms with Crippen molar-refractivity contribution in [2.24, 2.45) is 9.98 Å². The minimum atomic E-state index is -0.897. The number of para-hydroxylation sites is 2. The highest BCUT2D eigenvalue weighted by Crippen LogP contribution is 2.41. The number of benzene rings is 4. The van der Waals surface area contributed by atoms with Crippen molar-refractivity contribution >= 4 is 65.2 Å². The minimum absolute atomic E-state index is 0.00525. The van der Waals surface area contributed by atoms with Crippen LogP contribution in [0.2, 0.25) is 16.9 Å². The lowest BCUT2D eigenvalue weighted by molar-refractivity contribution is -0.144. The molecule has 0 saturated carbocycles. The zero-order valence-corrected chi connectivity index (χ0v) is 33.1. The lowest BCUT2D eigenvalue weighted by Crippen LogP contribution is -2.59. The summed E-state index contributed by atoms with van der Waals surface area (Å²) in [6, 6.07) is 25.9. The number of piperazine rings is 2. The molecule has 4 aliphatic heterocycles. The number of carboxylic acid groups (broad SMARTS) is 1. The van der Waals surface area contributed by atoms with Gasteiger partial charge in [-0.2, -0.15) is 0 Å². The van der Waals surface area contributed by atoms with Crippen molar-refractivity contribution in [2.45, 2.75) is 38.7 Å². The third-order valence-electron chi connectivity index (χ3n) is 9.98. The first-order valence-electron chi connectivity index (χ1n) is 18.9. The largest absolute Gasteiger partial charge is 0.481 e. The summed E-state index contributed by atoms with van der Waals surface area (Å²) >= 11 is 12.4. The van der Waals surface area contributed by atoms with Crippen LogP contribution in [0.5, 0.6) is 23.0 Å². The Morgan fingerprint density at radius 1 is 0.807 bits per heavy atom. The summed E-state index contributed by atoms with van der Waals surface area (Å²) in [5.74, 6) is 3.17. The second kappa shape index (κ2) is 18.0. The van der Waals surface area contributed by atoms with Crippen LogP contribution < -0.4 is 14.8 Å². The van der Waals surface area contributed by atoms with Gasteiger partial charge in [-0.15, -0.1) is 0 Å². The van der Waals surface area contributed by atoms with Crippen LogP contribution in [0.1, 0.15) is 30.9 Å². The Bertz CT molecular complexity index is 2190. The molecule has 4 aliphatic rings. The molecule has 0 spiro atoms. The van der Waals surface area contributed by atoms with Crippen LogP contribution in [-0.4, -0.2) is 113 Å². The number of esters is 1. The quantitative estimate of drug-likeness (QED) is 0.139. The van der Waals surface area contributed by atoms with E-state index in [2.05, 4.69) is 15.1 Å². The Hall–Kier alpha value is -5.12. The molecule has 0 radical (unpaired) electrons. The van der Waals surface area contributed by atoms with Gasteiger partial charge in [0.25, 0.3) is 0 Å². The van der Waals surface area contributed by atoms with Crippen molar-refractivity contribution in [2.75, 3.05) is 45.9 Å². The van der Waals surface area contributed by atoms with Crippen molar-refractivity contribution in [3.8, 4) is 23.0 Å². The van der Waals surface area contributed by atoms with E-state index in [-0.39, 0.29) is 24.5 Å². The standard InChI is InChI=1S/C21H22ClN3O3.C20H21BClN3O4/c1-2-27-20(26)12-15-13-25(10-9-23-15)21-16-5-3-4-6-18(16)28-19-8-7-14(22)11-17(19)24-21;1-21(28)25-9-8-24(12-14(25)11-19(26)27)20-15-4-2-3-5-17(15)29-18-7-6-13(22)10-16(18)23-20/h3-8,11,15,23H,2,9-10,12-13H2,1H3;2-7,10,14,28H,8-9,11-12H2,1H3,(H,26,27)/t15-;14-/m00/s1. The molecule has 8 rings (SSSR count). The lowest BCUT2D eigenvalue weighted by Gasteiger charge is -2.42. The zero-order valence-electron chi connectivity index (χ0n) is 31.6. The van der Waals surface area contributed by atoms with Gasteiger partial charge in [-0.05, 0) is 74.4 Å². The smallest absolute Gasteiger partial charge is 0.376 e. The fraction of sp³-hybridized carbons (Fsp3) is 0.317. The summed E-state index contributed by atoms with van der Waals surface area (Å²) in [5.41, 5.74) is 3.07. The van der Waals surface area contributed by atoms with Gasteiger partial charge in [0.15, 0.2) is 11.5 Å². The van der Waals surface area contributed by atoms with Crippen LogP contribution in [0.15, 0.2) is 94.9 Å². The van der Waals surface area contributed by atoms with E-state index in [1.807, 2.05) is 66.3 Å². The number of carboxylic acids is 1. The highest BCUT2D eigenvalue weighted by molar-refractivity contribution is 6.45. The molecule has 4 aromatic carbocycles. The number of fused-ring (bicyclic) bond motifs is 4. The second-order valence-electron chi connectivity index (χ2n) is 14.0. The molecule has 57 heavy (non-hydrogen) atoms. The van der Waals surface area contributed by atoms with Crippen LogP contribution in [0.3, 0.4) is 0 Å². The predicted octanol–water partition coefficient (Wildman–Crippen LogP) is 6.85. The highest BCUT2D eigenvalue weighted by Gasteiger charge is 2.35. The topological polar surface area (TPSA) is 149 Å². The third kappa shape index (κ3) is 9.54. The second-order valence-corrected chi connectivity index (χ2v) is 14.8. The Kier molecular flexibility index (Phi) is 12.7. The molecule has 13 nitrogen and oxygen atoms in total. The number of aliphatic imine (C=N–C) groups is 2. The SMILES string of the molecule is CB(O)N1CCN(C2=Nc3cc(Cl)ccc3Oc3ccccc32)C[C@@H]1CC(=O)O.CCOC(=O)C[C@H]1CN(C2=Nc3cc(Cl)ccc3Oc3ccccc32)CCN1. The molecule has 2 atom stereocenters. The normalized spacial score (nSPS) is 18.5. The summed E-state index contributed by atoms with van der Waals surface area (Å²) in [6.45, 7) is 7.63. The molecule has 4 heterocycles. The average Bonchev–Trinajstić information content (AvgIpc) is 3.45. The number of rotatable bonds is 6. The van der Waals surface area contributed by atoms with Gasteiger partial charge < -0.3 is 44.3 Å². The van der Waals surface area contributed by atoms with Crippen molar-refractivity contribution in [1.82, 2.24) is 19.9 Å². The first-order valence-corrected chi connectivity index (χ1v) is 19.7. The van der Waals surface area contributed by atoms with Crippen molar-refractivity contribution in [3.05, 3.63) is 106 Å². The number of ether oxygens (including phenoxy) is 3. The first kappa shape index (κ1) is 40.1. The van der Waals surface area contributed by atoms with Crippen LogP contribution in [0.4, 0.5) is 11.4 Å². The number of carbonyl (C=O) groups excluding carboxylic acids is 1. The molecule has 0 unspecified atom stereocenters. The van der Waals surface area contributed by atoms with Gasteiger partial charge in [0.2, 0.25) is 0 Å². The monoisotopic (exact) mass is 812 g/mol. The summed E-state index contributed by atoms with van der Waals surface area (Å²) in [5, 5.41) is 24.0. The van der Waals surface area contributed by atoms with E-state index in [1.54, 1.807) is 37.2 Å². The molecule has 0 aromatic heterocycles. The Morgan fingerprint density at radius 2 is 1.37 bits per heavy atom. The zero-order chi connectivity index (χ0) is 40.1. The number of carbonyl (C=O) groups is 2. The molecule has 3 N–H and O–H groups in total. The maximum Gasteiger partial charge on any atom is 0.376 e. The van der Waals surface area contributed by atoms with Crippen LogP contribution in [-0.2, 0) is 14.3 Å². The van der Waals surface area contributed by atoms with Crippen molar-refractivity contribution < 1.29 is 33.9 Å². The molecule has 0 aliphatic carbocycles. The molecule has 296 valence electrons. The number of halogens is 2. The van der Waals surface area contributed by atoms with Crippen molar-refractivity contribution in [3.63, 3.8) is 0 Å². The van der Waals surface area contributed by atoms with Crippen LogP contribution >= 0.6 is 23.2 Å². The van der Waals surface area contributed by atoms with E-state index >= 15 is 0 Å². The van der Waals surface area contributed by atoms with E-state index in [1.165, 1.54) is 0 Å². The van der Waals surface area contributed by atoms with E-state index in [4.69, 9.17) is 47.4 Å². The van der Waals surface area contributed by atoms with E-state index in [9.17, 15) is 19.7 Å². The number of nitrogens with one attached hydrogen (secondary N) is 1. The summed E-state index contributed by atoms with van der Waals surface area (Å²) in [6.07, 6.45) is 0.271. The summed E-state index contributed by atoms with van der Waals surface area (Å²) < 4.78 is 17.3. The Labute approximate surface area is 341 Å². The molecule has 16 heteroatoms. The van der Waals surface area contributed by atoms with Gasteiger partial charge >= 0.3 is 19.0 Å². The molecule has 0 bridgehead atoms. The van der Waals surface area contributed by atoms with E-state index in [0.29, 0.717) is 83.7 Å². The maximum atomic E-state index is 11.9. The molecule has 2 fully saturated rings. The maximum absolute atomic E-state index is 11.9. The summed E-state index contributed by atoms with van der Waals surface area (Å²) in [7, 11) is -0.715. The average molecular weight is 814 g/mol. The Morgan fingerprint density at radius 3 is 1.91 bits per heavy atom. The van der Waals surface area contributed by atoms with Crippen LogP contribution in [0.25, 0.3) is 0 Å². The van der Waals surface area contributed by atoms with Gasteiger partial charge in [-0.1, -0.05) is 47.5 Å². The van der Waals surface area contributed by atoms with E-state index in [0.717, 1.165) is 35.8 Å². The Balaban J connectivity index is 0.000000174. The van der Waals surface area contributed by atoms with Crippen molar-refractivity contribution in [1.29, 1.82) is 0 Å². The highest BCUT2D eigenvalue weighted by atomic mass is 35.5. The third-order valence-corrected chi connectivity index (χ3v) is 10.5. The number of aliphatic carboxylic acids is 1. The fourth-order valence-corrected chi connectivity index (χ4v) is 7.72. The minimum Gasteiger partial charge on any atom is -0.481 e. The molecule has 2 saturated heterocycles. The number of hydrogen-bond acceptors (Lipinski definition) is 12. The molecule has 0 amide bonds. The van der Waals surface area contributed by atoms with E-state index < -0.39 is 13.0 Å². The fourth-order valence-electron chi connectivity index (χ4n) is 7.39. The lowest BCUT2D eigenvalue weighted by atomic mass is 9.81. The summed E-state index contributed by atoms with van der Waals surface area (Å²) in [4.78, 5) is 39.1. The van der Waals surface area contributed by atoms with Gasteiger partial charge in [0.05, 0.1) is 30.6 Å². The van der Waals surface area contributed by atoms with Gasteiger partial charge in [0, 0.05) is 61.4 Å².